The second kappa shape index (κ2) is 5.18. The first-order valence-electron chi connectivity index (χ1n) is 5.35. The predicted octanol–water partition coefficient (Wildman–Crippen LogP) is 5.47. The molecule has 1 heterocycles. The number of rotatable bonds is 5. The third kappa shape index (κ3) is 2.41. The number of furan rings is 1. The summed E-state index contributed by atoms with van der Waals surface area (Å²) in [5.74, 6) is -39.5. The zero-order chi connectivity index (χ0) is 19.4. The number of alkyl halides is 13. The van der Waals surface area contributed by atoms with Crippen molar-refractivity contribution in [2.75, 3.05) is 0 Å². The second-order valence-corrected chi connectivity index (χ2v) is 4.35. The summed E-state index contributed by atoms with van der Waals surface area (Å²) in [5.41, 5.74) is 0. The first kappa shape index (κ1) is 20.4. The predicted molar refractivity (Wildman–Crippen MR) is 48.4 cm³/mol. The summed E-state index contributed by atoms with van der Waals surface area (Å²) in [7, 11) is 0. The van der Waals surface area contributed by atoms with Crippen LogP contribution in [0.25, 0.3) is 0 Å². The lowest BCUT2D eigenvalue weighted by Gasteiger charge is -2.39. The quantitative estimate of drug-likeness (QED) is 0.612. The van der Waals surface area contributed by atoms with Gasteiger partial charge in [0.2, 0.25) is 0 Å². The molecule has 0 bridgehead atoms. The minimum absolute atomic E-state index is 0.0932. The van der Waals surface area contributed by atoms with Gasteiger partial charge in [0.15, 0.2) is 5.76 Å². The van der Waals surface area contributed by atoms with Crippen LogP contribution in [0.15, 0.2) is 22.8 Å². The van der Waals surface area contributed by atoms with Crippen LogP contribution < -0.4 is 0 Å². The van der Waals surface area contributed by atoms with Gasteiger partial charge >= 0.3 is 35.8 Å². The van der Waals surface area contributed by atoms with E-state index in [1.807, 2.05) is 0 Å². The van der Waals surface area contributed by atoms with Crippen LogP contribution in [0.5, 0.6) is 0 Å². The van der Waals surface area contributed by atoms with Crippen LogP contribution in [0, 0.1) is 0 Å². The van der Waals surface area contributed by atoms with Crippen molar-refractivity contribution >= 4 is 0 Å². The van der Waals surface area contributed by atoms with Gasteiger partial charge in [-0.3, -0.25) is 0 Å². The molecule has 0 radical (unpaired) electrons. The van der Waals surface area contributed by atoms with Gasteiger partial charge in [-0.25, -0.2) is 0 Å². The zero-order valence-corrected chi connectivity index (χ0v) is 10.6. The van der Waals surface area contributed by atoms with Gasteiger partial charge < -0.3 is 4.42 Å². The Morgan fingerprint density at radius 3 is 1.33 bits per heavy atom. The Morgan fingerprint density at radius 1 is 0.583 bits per heavy atom. The monoisotopic (exact) mass is 386 g/mol. The summed E-state index contributed by atoms with van der Waals surface area (Å²) in [6.45, 7) is 0. The Bertz CT molecular complexity index is 568. The smallest absolute Gasteiger partial charge is 0.460 e. The first-order valence-corrected chi connectivity index (χ1v) is 5.35. The van der Waals surface area contributed by atoms with Crippen molar-refractivity contribution in [1.29, 1.82) is 0 Å². The normalized spacial score (nSPS) is 15.7. The van der Waals surface area contributed by atoms with Gasteiger partial charge in [-0.1, -0.05) is 0 Å². The van der Waals surface area contributed by atoms with Crippen molar-refractivity contribution in [1.82, 2.24) is 0 Å². The maximum absolute atomic E-state index is 13.3. The fourth-order valence-corrected chi connectivity index (χ4v) is 1.38. The van der Waals surface area contributed by atoms with Crippen LogP contribution in [0.4, 0.5) is 57.1 Å². The molecule has 0 atom stereocenters. The molecule has 14 heteroatoms. The maximum Gasteiger partial charge on any atom is 0.460 e. The van der Waals surface area contributed by atoms with Gasteiger partial charge in [-0.2, -0.15) is 57.1 Å². The highest BCUT2D eigenvalue weighted by Gasteiger charge is 2.91. The molecule has 0 fully saturated rings. The molecule has 140 valence electrons. The van der Waals surface area contributed by atoms with Crippen LogP contribution in [-0.4, -0.2) is 29.9 Å². The summed E-state index contributed by atoms with van der Waals surface area (Å²) in [6.07, 6.45) is -7.20. The Labute approximate surface area is 123 Å². The van der Waals surface area contributed by atoms with Crippen molar-refractivity contribution in [3.8, 4) is 0 Å². The molecule has 0 aromatic carbocycles. The lowest BCUT2D eigenvalue weighted by molar-refractivity contribution is -0.442. The number of hydrogen-bond donors (Lipinski definition) is 0. The molecule has 0 saturated heterocycles. The van der Waals surface area contributed by atoms with Gasteiger partial charge in [-0.15, -0.1) is 0 Å². The van der Waals surface area contributed by atoms with Gasteiger partial charge in [-0.05, 0) is 12.1 Å². The lowest BCUT2D eigenvalue weighted by atomic mass is 9.93. The van der Waals surface area contributed by atoms with E-state index in [4.69, 9.17) is 0 Å². The average Bonchev–Trinajstić information content (AvgIpc) is 2.90. The highest BCUT2D eigenvalue weighted by atomic mass is 19.4. The molecule has 0 aliphatic rings. The Balaban J connectivity index is 3.51. The molecular formula is C10H3F13O. The van der Waals surface area contributed by atoms with Gasteiger partial charge in [0.05, 0.1) is 6.26 Å². The molecule has 0 unspecified atom stereocenters. The average molecular weight is 386 g/mol. The molecule has 0 N–H and O–H groups in total. The van der Waals surface area contributed by atoms with Crippen molar-refractivity contribution in [3.05, 3.63) is 24.2 Å². The van der Waals surface area contributed by atoms with Crippen molar-refractivity contribution < 1.29 is 61.5 Å². The summed E-state index contributed by atoms with van der Waals surface area (Å²) in [5, 5.41) is 0. The molecule has 0 saturated carbocycles. The van der Waals surface area contributed by atoms with Crippen molar-refractivity contribution in [3.63, 3.8) is 0 Å². The zero-order valence-electron chi connectivity index (χ0n) is 10.6. The summed E-state index contributed by atoms with van der Waals surface area (Å²) >= 11 is 0. The topological polar surface area (TPSA) is 13.1 Å². The van der Waals surface area contributed by atoms with Crippen LogP contribution in [0.2, 0.25) is 0 Å². The molecule has 0 aliphatic carbocycles. The van der Waals surface area contributed by atoms with E-state index < -0.39 is 41.5 Å². The molecule has 0 amide bonds. The Morgan fingerprint density at radius 2 is 1.00 bits per heavy atom. The third-order valence-electron chi connectivity index (χ3n) is 2.76. The lowest BCUT2D eigenvalue weighted by Crippen LogP contribution is -2.69. The van der Waals surface area contributed by atoms with Gasteiger partial charge in [0.25, 0.3) is 0 Å². The van der Waals surface area contributed by atoms with Gasteiger partial charge in [0.1, 0.15) is 0 Å². The molecule has 1 rings (SSSR count). The van der Waals surface area contributed by atoms with Crippen molar-refractivity contribution in [2.24, 2.45) is 0 Å². The standard InChI is InChI=1S/C10H3F13O/c11-5(12,4-2-1-3-24-4)6(13,14)7(15,16)8(17,18)9(19,20)10(21,22)23/h1-3H. The minimum atomic E-state index is -7.90. The fourth-order valence-electron chi connectivity index (χ4n) is 1.38. The highest BCUT2D eigenvalue weighted by molar-refractivity contribution is 5.17. The summed E-state index contributed by atoms with van der Waals surface area (Å²) in [6, 6.07) is 0.337. The molecule has 24 heavy (non-hydrogen) atoms. The number of halogens is 13. The van der Waals surface area contributed by atoms with E-state index in [0.717, 1.165) is 0 Å². The molecule has 1 nitrogen and oxygen atoms in total. The Kier molecular flexibility index (Phi) is 4.41. The summed E-state index contributed by atoms with van der Waals surface area (Å²) < 4.78 is 169. The summed E-state index contributed by atoms with van der Waals surface area (Å²) in [4.78, 5) is 0. The van der Waals surface area contributed by atoms with E-state index in [1.165, 1.54) is 0 Å². The van der Waals surface area contributed by atoms with E-state index in [0.29, 0.717) is 6.07 Å². The van der Waals surface area contributed by atoms with Crippen LogP contribution in [-0.2, 0) is 5.92 Å². The van der Waals surface area contributed by atoms with Gasteiger partial charge in [0, 0.05) is 0 Å². The molecule has 0 spiro atoms. The Hall–Kier alpha value is -1.63. The fraction of sp³-hybridized carbons (Fsp3) is 0.600. The van der Waals surface area contributed by atoms with E-state index in [-0.39, 0.29) is 12.3 Å². The molecule has 1 aromatic rings. The SMILES string of the molecule is FC(F)(F)C(F)(F)C(F)(F)C(F)(F)C(F)(F)C(F)(F)c1ccco1. The maximum atomic E-state index is 13.3. The second-order valence-electron chi connectivity index (χ2n) is 4.35. The van der Waals surface area contributed by atoms with Crippen LogP contribution >= 0.6 is 0 Å². The molecule has 0 aliphatic heterocycles. The van der Waals surface area contributed by atoms with E-state index in [9.17, 15) is 57.1 Å². The number of hydrogen-bond acceptors (Lipinski definition) is 1. The van der Waals surface area contributed by atoms with E-state index >= 15 is 0 Å². The molecular weight excluding hydrogens is 383 g/mol. The largest absolute Gasteiger partial charge is 0.463 e. The first-order chi connectivity index (χ1) is 10.4. The highest BCUT2D eigenvalue weighted by Crippen LogP contribution is 2.61. The van der Waals surface area contributed by atoms with E-state index in [2.05, 4.69) is 4.42 Å². The van der Waals surface area contributed by atoms with Crippen LogP contribution in [0.3, 0.4) is 0 Å². The molecule has 1 aromatic heterocycles. The minimum Gasteiger partial charge on any atom is -0.463 e. The van der Waals surface area contributed by atoms with E-state index in [1.54, 1.807) is 0 Å². The van der Waals surface area contributed by atoms with Crippen molar-refractivity contribution in [2.45, 2.75) is 35.8 Å². The third-order valence-corrected chi connectivity index (χ3v) is 2.76. The van der Waals surface area contributed by atoms with Crippen LogP contribution in [0.1, 0.15) is 5.76 Å².